The molecular formula is C16H16ClNO5. The van der Waals surface area contributed by atoms with Crippen LogP contribution in [0.5, 0.6) is 17.2 Å². The number of ketones is 2. The molecule has 23 heavy (non-hydrogen) atoms. The van der Waals surface area contributed by atoms with Crippen LogP contribution in [-0.2, 0) is 4.79 Å². The van der Waals surface area contributed by atoms with Crippen LogP contribution in [0.1, 0.15) is 30.1 Å². The highest BCUT2D eigenvalue weighted by Gasteiger charge is 2.59. The highest BCUT2D eigenvalue weighted by Crippen LogP contribution is 2.52. The molecule has 0 radical (unpaired) electrons. The number of hydrogen-bond donors (Lipinski definition) is 1. The lowest BCUT2D eigenvalue weighted by Gasteiger charge is -2.36. The van der Waals surface area contributed by atoms with E-state index in [1.807, 2.05) is 0 Å². The number of benzene rings is 1. The van der Waals surface area contributed by atoms with Crippen LogP contribution in [0.3, 0.4) is 0 Å². The molecule has 0 aromatic heterocycles. The van der Waals surface area contributed by atoms with Crippen LogP contribution < -0.4 is 14.2 Å². The number of ether oxygens (including phenoxy) is 3. The van der Waals surface area contributed by atoms with Crippen molar-refractivity contribution < 1.29 is 23.8 Å². The third-order valence-electron chi connectivity index (χ3n) is 4.47. The average Bonchev–Trinajstić information content (AvgIpc) is 2.82. The molecule has 7 heteroatoms. The van der Waals surface area contributed by atoms with Crippen LogP contribution in [0.2, 0.25) is 5.02 Å². The summed E-state index contributed by atoms with van der Waals surface area (Å²) >= 11 is 6.28. The molecule has 1 aromatic rings. The average molecular weight is 338 g/mol. The van der Waals surface area contributed by atoms with Gasteiger partial charge < -0.3 is 19.6 Å². The lowest BCUT2D eigenvalue weighted by molar-refractivity contribution is -0.120. The second-order valence-electron chi connectivity index (χ2n) is 5.77. The molecule has 6 nitrogen and oxygen atoms in total. The highest BCUT2D eigenvalue weighted by molar-refractivity contribution is 6.36. The van der Waals surface area contributed by atoms with Crippen LogP contribution in [0.25, 0.3) is 0 Å². The van der Waals surface area contributed by atoms with Crippen molar-refractivity contribution >= 4 is 28.9 Å². The molecule has 1 heterocycles. The SMILES string of the molecule is COc1cc(OC)c2c(c1Cl)OC1(C(=N)CC(=O)CC1C)C2=O. The van der Waals surface area contributed by atoms with Gasteiger partial charge in [0.25, 0.3) is 0 Å². The number of carbonyl (C=O) groups is 2. The molecule has 1 fully saturated rings. The minimum absolute atomic E-state index is 0.0421. The Labute approximate surface area is 138 Å². The quantitative estimate of drug-likeness (QED) is 0.896. The van der Waals surface area contributed by atoms with Crippen molar-refractivity contribution in [3.63, 3.8) is 0 Å². The zero-order chi connectivity index (χ0) is 16.9. The Hall–Kier alpha value is -2.08. The van der Waals surface area contributed by atoms with E-state index >= 15 is 0 Å². The predicted octanol–water partition coefficient (Wildman–Crippen LogP) is 2.69. The Morgan fingerprint density at radius 2 is 1.96 bits per heavy atom. The number of carbonyl (C=O) groups excluding carboxylic acids is 2. The van der Waals surface area contributed by atoms with Crippen molar-refractivity contribution in [1.82, 2.24) is 0 Å². The van der Waals surface area contributed by atoms with E-state index < -0.39 is 11.5 Å². The number of Topliss-reactive ketones (excluding diaryl/α,β-unsaturated/α-hetero) is 2. The molecule has 1 aliphatic carbocycles. The van der Waals surface area contributed by atoms with Crippen molar-refractivity contribution in [1.29, 1.82) is 5.41 Å². The molecule has 1 aromatic carbocycles. The fourth-order valence-corrected chi connectivity index (χ4v) is 3.57. The van der Waals surface area contributed by atoms with E-state index in [0.29, 0.717) is 5.75 Å². The molecule has 0 bridgehead atoms. The van der Waals surface area contributed by atoms with Crippen molar-refractivity contribution in [2.75, 3.05) is 14.2 Å². The standard InChI is InChI=1S/C16H16ClNO5/c1-7-4-8(19)5-11(18)16(7)15(20)12-9(21-2)6-10(22-3)13(17)14(12)23-16/h6-7,18H,4-5H2,1-3H3. The van der Waals surface area contributed by atoms with Crippen LogP contribution in [0.4, 0.5) is 0 Å². The van der Waals surface area contributed by atoms with Gasteiger partial charge in [0.1, 0.15) is 27.9 Å². The fraction of sp³-hybridized carbons (Fsp3) is 0.438. The van der Waals surface area contributed by atoms with Gasteiger partial charge in [0.2, 0.25) is 11.4 Å². The molecule has 2 atom stereocenters. The molecule has 0 saturated heterocycles. The molecular weight excluding hydrogens is 322 g/mol. The topological polar surface area (TPSA) is 85.7 Å². The first-order valence-corrected chi connectivity index (χ1v) is 7.52. The van der Waals surface area contributed by atoms with Gasteiger partial charge in [-0.2, -0.15) is 0 Å². The van der Waals surface area contributed by atoms with Gasteiger partial charge in [0.15, 0.2) is 5.75 Å². The molecule has 1 spiro atoms. The number of rotatable bonds is 2. The summed E-state index contributed by atoms with van der Waals surface area (Å²) in [5.41, 5.74) is -1.33. The molecule has 0 amide bonds. The third kappa shape index (κ3) is 1.97. The number of halogens is 1. The smallest absolute Gasteiger partial charge is 0.220 e. The van der Waals surface area contributed by atoms with Crippen molar-refractivity contribution in [2.45, 2.75) is 25.4 Å². The second kappa shape index (κ2) is 5.23. The van der Waals surface area contributed by atoms with Crippen LogP contribution in [0.15, 0.2) is 6.07 Å². The Balaban J connectivity index is 2.21. The van der Waals surface area contributed by atoms with E-state index in [2.05, 4.69) is 0 Å². The van der Waals surface area contributed by atoms with E-state index in [-0.39, 0.29) is 52.2 Å². The predicted molar refractivity (Wildman–Crippen MR) is 83.4 cm³/mol. The molecule has 1 N–H and O–H groups in total. The lowest BCUT2D eigenvalue weighted by Crippen LogP contribution is -2.57. The normalized spacial score (nSPS) is 26.3. The van der Waals surface area contributed by atoms with Crippen LogP contribution >= 0.6 is 11.6 Å². The summed E-state index contributed by atoms with van der Waals surface area (Å²) in [4.78, 5) is 24.8. The van der Waals surface area contributed by atoms with Gasteiger partial charge in [-0.3, -0.25) is 9.59 Å². The maximum Gasteiger partial charge on any atom is 0.220 e. The first-order chi connectivity index (χ1) is 10.9. The molecule has 2 aliphatic rings. The van der Waals surface area contributed by atoms with Gasteiger partial charge in [0.05, 0.1) is 19.9 Å². The van der Waals surface area contributed by atoms with Gasteiger partial charge in [-0.25, -0.2) is 0 Å². The van der Waals surface area contributed by atoms with Crippen LogP contribution in [-0.4, -0.2) is 37.1 Å². The van der Waals surface area contributed by atoms with Crippen LogP contribution in [0, 0.1) is 11.3 Å². The van der Waals surface area contributed by atoms with Gasteiger partial charge in [-0.1, -0.05) is 18.5 Å². The maximum atomic E-state index is 13.1. The Kier molecular flexibility index (Phi) is 3.59. The largest absolute Gasteiger partial charge is 0.496 e. The zero-order valence-corrected chi connectivity index (χ0v) is 13.7. The van der Waals surface area contributed by atoms with E-state index in [4.69, 9.17) is 31.2 Å². The summed E-state index contributed by atoms with van der Waals surface area (Å²) < 4.78 is 16.4. The monoisotopic (exact) mass is 337 g/mol. The van der Waals surface area contributed by atoms with Gasteiger partial charge >= 0.3 is 0 Å². The highest BCUT2D eigenvalue weighted by atomic mass is 35.5. The summed E-state index contributed by atoms with van der Waals surface area (Å²) in [5.74, 6) is -0.171. The summed E-state index contributed by atoms with van der Waals surface area (Å²) in [6, 6.07) is 1.52. The Morgan fingerprint density at radius 1 is 1.30 bits per heavy atom. The lowest BCUT2D eigenvalue weighted by atomic mass is 9.71. The van der Waals surface area contributed by atoms with E-state index in [9.17, 15) is 9.59 Å². The van der Waals surface area contributed by atoms with Crippen molar-refractivity contribution in [3.8, 4) is 17.2 Å². The zero-order valence-electron chi connectivity index (χ0n) is 13.0. The minimum Gasteiger partial charge on any atom is -0.496 e. The minimum atomic E-state index is -1.49. The molecule has 3 rings (SSSR count). The molecule has 2 unspecified atom stereocenters. The first kappa shape index (κ1) is 15.8. The first-order valence-electron chi connectivity index (χ1n) is 7.14. The van der Waals surface area contributed by atoms with Gasteiger partial charge in [0, 0.05) is 24.8 Å². The molecule has 1 saturated carbocycles. The number of nitrogens with one attached hydrogen (secondary N) is 1. The van der Waals surface area contributed by atoms with E-state index in [0.717, 1.165) is 0 Å². The summed E-state index contributed by atoms with van der Waals surface area (Å²) in [5, 5.41) is 8.37. The summed E-state index contributed by atoms with van der Waals surface area (Å²) in [6.07, 6.45) is 0.0836. The number of fused-ring (bicyclic) bond motifs is 1. The van der Waals surface area contributed by atoms with Crippen molar-refractivity contribution in [3.05, 3.63) is 16.7 Å². The fourth-order valence-electron chi connectivity index (χ4n) is 3.31. The van der Waals surface area contributed by atoms with Crippen molar-refractivity contribution in [2.24, 2.45) is 5.92 Å². The Bertz CT molecular complexity index is 744. The second-order valence-corrected chi connectivity index (χ2v) is 6.14. The summed E-state index contributed by atoms with van der Waals surface area (Å²) in [7, 11) is 2.88. The molecule has 122 valence electrons. The summed E-state index contributed by atoms with van der Waals surface area (Å²) in [6.45, 7) is 1.73. The number of hydrogen-bond acceptors (Lipinski definition) is 6. The van der Waals surface area contributed by atoms with Gasteiger partial charge in [-0.05, 0) is 0 Å². The Morgan fingerprint density at radius 3 is 2.52 bits per heavy atom. The van der Waals surface area contributed by atoms with E-state index in [1.165, 1.54) is 20.3 Å². The van der Waals surface area contributed by atoms with Gasteiger partial charge in [-0.15, -0.1) is 0 Å². The van der Waals surface area contributed by atoms with E-state index in [1.54, 1.807) is 6.92 Å². The number of methoxy groups -OCH3 is 2. The maximum absolute atomic E-state index is 13.1. The third-order valence-corrected chi connectivity index (χ3v) is 4.83. The molecule has 1 aliphatic heterocycles.